The Morgan fingerprint density at radius 1 is 1.12 bits per heavy atom. The summed E-state index contributed by atoms with van der Waals surface area (Å²) in [6, 6.07) is 12.6. The molecule has 0 aromatic heterocycles. The summed E-state index contributed by atoms with van der Waals surface area (Å²) in [5.74, 6) is 1.48. The van der Waals surface area contributed by atoms with Crippen LogP contribution in [0, 0.1) is 0 Å². The van der Waals surface area contributed by atoms with Crippen LogP contribution < -0.4 is 14.8 Å². The van der Waals surface area contributed by atoms with Crippen molar-refractivity contribution in [2.45, 2.75) is 43.2 Å². The van der Waals surface area contributed by atoms with Crippen LogP contribution >= 0.6 is 0 Å². The summed E-state index contributed by atoms with van der Waals surface area (Å²) in [6.07, 6.45) is 9.47. The number of nitrogens with zero attached hydrogens (tertiary/aromatic N) is 1. The van der Waals surface area contributed by atoms with Crippen LogP contribution in [0.15, 0.2) is 65.3 Å². The number of hydrogen-bond donors (Lipinski definition) is 2. The van der Waals surface area contributed by atoms with Gasteiger partial charge in [-0.3, -0.25) is 10.3 Å². The molecule has 33 heavy (non-hydrogen) atoms. The summed E-state index contributed by atoms with van der Waals surface area (Å²) in [4.78, 5) is 0.242. The van der Waals surface area contributed by atoms with Gasteiger partial charge in [0.2, 0.25) is 0 Å². The highest BCUT2D eigenvalue weighted by Gasteiger charge is 2.19. The zero-order valence-electron chi connectivity index (χ0n) is 19.0. The third-order valence-electron chi connectivity index (χ3n) is 5.89. The van der Waals surface area contributed by atoms with Gasteiger partial charge in [0.1, 0.15) is 0 Å². The molecule has 0 radical (unpaired) electrons. The van der Waals surface area contributed by atoms with Crippen LogP contribution in [-0.2, 0) is 16.4 Å². The van der Waals surface area contributed by atoms with Crippen molar-refractivity contribution in [1.82, 2.24) is 10.4 Å². The average molecular weight is 471 g/mol. The third-order valence-corrected chi connectivity index (χ3v) is 7.00. The van der Waals surface area contributed by atoms with E-state index in [4.69, 9.17) is 9.47 Å². The van der Waals surface area contributed by atoms with Crippen LogP contribution in [-0.4, -0.2) is 44.7 Å². The Kier molecular flexibility index (Phi) is 6.95. The molecule has 0 bridgehead atoms. The van der Waals surface area contributed by atoms with Crippen molar-refractivity contribution >= 4 is 15.4 Å². The van der Waals surface area contributed by atoms with E-state index in [1.807, 2.05) is 30.3 Å². The first-order chi connectivity index (χ1) is 15.8. The van der Waals surface area contributed by atoms with Crippen LogP contribution in [0.1, 0.15) is 36.8 Å². The molecule has 1 aliphatic heterocycles. The first-order valence-electron chi connectivity index (χ1n) is 11.1. The lowest BCUT2D eigenvalue weighted by molar-refractivity contribution is -0.0333. The van der Waals surface area contributed by atoms with Gasteiger partial charge in [-0.1, -0.05) is 18.2 Å². The topological polar surface area (TPSA) is 88.1 Å². The van der Waals surface area contributed by atoms with Gasteiger partial charge in [-0.25, -0.2) is 8.42 Å². The van der Waals surface area contributed by atoms with Crippen LogP contribution in [0.5, 0.6) is 11.5 Å². The Morgan fingerprint density at radius 3 is 2.64 bits per heavy atom. The average Bonchev–Trinajstić information content (AvgIpc) is 3.30. The largest absolute Gasteiger partial charge is 0.493 e. The SMILES string of the molecule is COc1ccc(CNC2=CC(c3cccc(S(C)(=O)=O)c3)=CN(O)C2)cc1OC1CCCC1. The highest BCUT2D eigenvalue weighted by Crippen LogP contribution is 2.32. The number of hydroxylamine groups is 2. The quantitative estimate of drug-likeness (QED) is 0.599. The van der Waals surface area contributed by atoms with Crippen molar-refractivity contribution in [2.75, 3.05) is 19.9 Å². The van der Waals surface area contributed by atoms with E-state index in [0.29, 0.717) is 18.7 Å². The first kappa shape index (κ1) is 23.2. The van der Waals surface area contributed by atoms with E-state index in [9.17, 15) is 13.6 Å². The number of sulfone groups is 1. The lowest BCUT2D eigenvalue weighted by Crippen LogP contribution is -2.27. The molecule has 0 spiro atoms. The Hall–Kier alpha value is -2.97. The molecule has 1 saturated carbocycles. The second kappa shape index (κ2) is 9.89. The maximum Gasteiger partial charge on any atom is 0.175 e. The number of hydrogen-bond acceptors (Lipinski definition) is 7. The van der Waals surface area contributed by atoms with Gasteiger partial charge in [-0.15, -0.1) is 0 Å². The molecule has 0 atom stereocenters. The Labute approximate surface area is 195 Å². The molecule has 1 heterocycles. The summed E-state index contributed by atoms with van der Waals surface area (Å²) in [5.41, 5.74) is 3.28. The minimum absolute atomic E-state index is 0.238. The second-order valence-electron chi connectivity index (χ2n) is 8.51. The van der Waals surface area contributed by atoms with Crippen molar-refractivity contribution in [3.8, 4) is 11.5 Å². The summed E-state index contributed by atoms with van der Waals surface area (Å²) >= 11 is 0. The lowest BCUT2D eigenvalue weighted by Gasteiger charge is -2.23. The number of nitrogens with one attached hydrogen (secondary N) is 1. The molecule has 0 amide bonds. The van der Waals surface area contributed by atoms with E-state index in [2.05, 4.69) is 5.32 Å². The predicted octanol–water partition coefficient (Wildman–Crippen LogP) is 4.14. The Morgan fingerprint density at radius 2 is 1.91 bits per heavy atom. The number of allylic oxidation sites excluding steroid dienone is 2. The smallest absolute Gasteiger partial charge is 0.175 e. The van der Waals surface area contributed by atoms with Crippen molar-refractivity contribution < 1.29 is 23.1 Å². The van der Waals surface area contributed by atoms with Gasteiger partial charge >= 0.3 is 0 Å². The summed E-state index contributed by atoms with van der Waals surface area (Å²) in [7, 11) is -1.67. The fourth-order valence-corrected chi connectivity index (χ4v) is 4.81. The van der Waals surface area contributed by atoms with Gasteiger partial charge in [0.05, 0.1) is 24.7 Å². The number of benzene rings is 2. The van der Waals surface area contributed by atoms with Gasteiger partial charge in [0.15, 0.2) is 21.3 Å². The van der Waals surface area contributed by atoms with Crippen molar-refractivity contribution in [3.63, 3.8) is 0 Å². The van der Waals surface area contributed by atoms with E-state index in [1.54, 1.807) is 31.5 Å². The maximum atomic E-state index is 11.9. The highest BCUT2D eigenvalue weighted by molar-refractivity contribution is 7.90. The molecule has 2 aromatic carbocycles. The van der Waals surface area contributed by atoms with Gasteiger partial charge < -0.3 is 14.8 Å². The molecule has 0 saturated heterocycles. The molecule has 0 unspecified atom stereocenters. The fourth-order valence-electron chi connectivity index (χ4n) is 4.15. The third kappa shape index (κ3) is 5.89. The minimum Gasteiger partial charge on any atom is -0.493 e. The number of methoxy groups -OCH3 is 1. The molecule has 176 valence electrons. The molecular formula is C25H30N2O5S. The summed E-state index contributed by atoms with van der Waals surface area (Å²) in [5, 5.41) is 14.7. The first-order valence-corrected chi connectivity index (χ1v) is 13.0. The normalized spacial score (nSPS) is 16.9. The fraction of sp³-hybridized carbons (Fsp3) is 0.360. The Balaban J connectivity index is 1.49. The standard InChI is InChI=1S/C25H30N2O5S/c1-31-24-11-10-18(12-25(24)32-22-7-3-4-8-22)15-26-21-13-20(16-27(28)17-21)19-6-5-9-23(14-19)33(2,29)30/h5-6,9-14,16,22,26,28H,3-4,7-8,15,17H2,1-2H3. The molecule has 1 fully saturated rings. The Bertz CT molecular complexity index is 1170. The lowest BCUT2D eigenvalue weighted by atomic mass is 10.0. The van der Waals surface area contributed by atoms with Crippen molar-refractivity contribution in [3.05, 3.63) is 71.6 Å². The number of ether oxygens (including phenoxy) is 2. The van der Waals surface area contributed by atoms with E-state index in [1.165, 1.54) is 19.1 Å². The van der Waals surface area contributed by atoms with Crippen LogP contribution in [0.2, 0.25) is 0 Å². The van der Waals surface area contributed by atoms with Crippen LogP contribution in [0.3, 0.4) is 0 Å². The zero-order chi connectivity index (χ0) is 23.4. The van der Waals surface area contributed by atoms with Gasteiger partial charge in [-0.2, -0.15) is 0 Å². The zero-order valence-corrected chi connectivity index (χ0v) is 19.8. The molecule has 2 aliphatic rings. The van der Waals surface area contributed by atoms with Crippen molar-refractivity contribution in [1.29, 1.82) is 0 Å². The molecule has 1 aliphatic carbocycles. The second-order valence-corrected chi connectivity index (χ2v) is 10.5. The predicted molar refractivity (Wildman–Crippen MR) is 127 cm³/mol. The molecule has 2 aromatic rings. The maximum absolute atomic E-state index is 11.9. The molecule has 2 N–H and O–H groups in total. The van der Waals surface area contributed by atoms with E-state index < -0.39 is 9.84 Å². The molecule has 7 nitrogen and oxygen atoms in total. The summed E-state index contributed by atoms with van der Waals surface area (Å²) in [6.45, 7) is 0.845. The summed E-state index contributed by atoms with van der Waals surface area (Å²) < 4.78 is 35.5. The van der Waals surface area contributed by atoms with Gasteiger partial charge in [0.25, 0.3) is 0 Å². The van der Waals surface area contributed by atoms with E-state index in [-0.39, 0.29) is 11.0 Å². The highest BCUT2D eigenvalue weighted by atomic mass is 32.2. The van der Waals surface area contributed by atoms with Gasteiger partial charge in [0, 0.05) is 30.3 Å². The number of rotatable bonds is 8. The van der Waals surface area contributed by atoms with E-state index in [0.717, 1.165) is 46.2 Å². The van der Waals surface area contributed by atoms with Crippen LogP contribution in [0.4, 0.5) is 0 Å². The van der Waals surface area contributed by atoms with Gasteiger partial charge in [-0.05, 0) is 67.2 Å². The molecular weight excluding hydrogens is 440 g/mol. The van der Waals surface area contributed by atoms with E-state index >= 15 is 0 Å². The monoisotopic (exact) mass is 470 g/mol. The van der Waals surface area contributed by atoms with Crippen LogP contribution in [0.25, 0.3) is 5.57 Å². The minimum atomic E-state index is -3.32. The molecule has 8 heteroatoms. The molecule has 4 rings (SSSR count). The van der Waals surface area contributed by atoms with Crippen molar-refractivity contribution in [2.24, 2.45) is 0 Å².